The third kappa shape index (κ3) is 4.25. The molecule has 0 radical (unpaired) electrons. The van der Waals surface area contributed by atoms with Crippen molar-refractivity contribution in [3.05, 3.63) is 0 Å². The van der Waals surface area contributed by atoms with E-state index >= 15 is 0 Å². The third-order valence-electron chi connectivity index (χ3n) is 3.70. The van der Waals surface area contributed by atoms with E-state index in [-0.39, 0.29) is 6.10 Å². The lowest BCUT2D eigenvalue weighted by Crippen LogP contribution is -2.48. The van der Waals surface area contributed by atoms with Crippen LogP contribution in [0.3, 0.4) is 0 Å². The van der Waals surface area contributed by atoms with Crippen molar-refractivity contribution in [1.29, 1.82) is 0 Å². The number of carboxylic acid groups (broad SMARTS) is 1. The number of hydrogen-bond acceptors (Lipinski definition) is 3. The fourth-order valence-electron chi connectivity index (χ4n) is 2.80. The molecule has 0 spiro atoms. The van der Waals surface area contributed by atoms with E-state index in [1.807, 2.05) is 13.8 Å². The Balaban J connectivity index is 2.50. The zero-order valence-corrected chi connectivity index (χ0v) is 11.9. The first-order valence-corrected chi connectivity index (χ1v) is 7.07. The number of nitrogens with zero attached hydrogens (tertiary/aromatic N) is 1. The molecule has 1 aliphatic heterocycles. The first-order chi connectivity index (χ1) is 8.50. The van der Waals surface area contributed by atoms with E-state index in [1.165, 1.54) is 0 Å². The molecule has 0 bridgehead atoms. The molecule has 0 aliphatic carbocycles. The van der Waals surface area contributed by atoms with Crippen LogP contribution < -0.4 is 0 Å². The van der Waals surface area contributed by atoms with Crippen molar-refractivity contribution in [3.63, 3.8) is 0 Å². The van der Waals surface area contributed by atoms with Crippen molar-refractivity contribution in [3.8, 4) is 0 Å². The largest absolute Gasteiger partial charge is 0.481 e. The number of carbonyl (C=O) groups is 1. The molecule has 1 fully saturated rings. The maximum atomic E-state index is 11.5. The number of rotatable bonds is 7. The summed E-state index contributed by atoms with van der Waals surface area (Å²) in [6.07, 6.45) is 3.76. The van der Waals surface area contributed by atoms with Gasteiger partial charge in [-0.3, -0.25) is 9.69 Å². The molecule has 1 heterocycles. The van der Waals surface area contributed by atoms with E-state index in [2.05, 4.69) is 11.8 Å². The number of aliphatic carboxylic acids is 1. The molecule has 1 atom stereocenters. The van der Waals surface area contributed by atoms with Crippen LogP contribution in [0.25, 0.3) is 0 Å². The molecule has 0 aromatic carbocycles. The van der Waals surface area contributed by atoms with Gasteiger partial charge in [0.2, 0.25) is 0 Å². The zero-order chi connectivity index (χ0) is 13.6. The maximum absolute atomic E-state index is 11.5. The second-order valence-electron chi connectivity index (χ2n) is 5.63. The summed E-state index contributed by atoms with van der Waals surface area (Å²) in [6, 6.07) is 0. The number of likely N-dealkylation sites (tertiary alicyclic amines) is 1. The van der Waals surface area contributed by atoms with Crippen molar-refractivity contribution in [2.45, 2.75) is 52.6 Å². The molecule has 0 aromatic rings. The first kappa shape index (κ1) is 15.4. The molecule has 1 unspecified atom stereocenters. The Bertz CT molecular complexity index is 264. The van der Waals surface area contributed by atoms with Crippen molar-refractivity contribution in [2.24, 2.45) is 5.41 Å². The molecule has 4 nitrogen and oxygen atoms in total. The summed E-state index contributed by atoms with van der Waals surface area (Å²) in [4.78, 5) is 13.8. The van der Waals surface area contributed by atoms with E-state index < -0.39 is 11.4 Å². The quantitative estimate of drug-likeness (QED) is 0.760. The van der Waals surface area contributed by atoms with Crippen LogP contribution in [0.4, 0.5) is 0 Å². The number of ether oxygens (including phenoxy) is 1. The van der Waals surface area contributed by atoms with Crippen LogP contribution >= 0.6 is 0 Å². The summed E-state index contributed by atoms with van der Waals surface area (Å²) in [5.41, 5.74) is -0.523. The van der Waals surface area contributed by atoms with Crippen LogP contribution in [-0.2, 0) is 9.53 Å². The van der Waals surface area contributed by atoms with Crippen molar-refractivity contribution in [2.75, 3.05) is 26.2 Å². The van der Waals surface area contributed by atoms with Crippen molar-refractivity contribution in [1.82, 2.24) is 4.90 Å². The molecule has 1 rings (SSSR count). The molecular formula is C14H27NO3. The summed E-state index contributed by atoms with van der Waals surface area (Å²) < 4.78 is 5.54. The Morgan fingerprint density at radius 3 is 2.78 bits per heavy atom. The average Bonchev–Trinajstić information content (AvgIpc) is 2.29. The van der Waals surface area contributed by atoms with Gasteiger partial charge in [-0.1, -0.05) is 13.3 Å². The maximum Gasteiger partial charge on any atom is 0.310 e. The summed E-state index contributed by atoms with van der Waals surface area (Å²) >= 11 is 0. The summed E-state index contributed by atoms with van der Waals surface area (Å²) in [5.74, 6) is -0.626. The minimum atomic E-state index is -0.626. The topological polar surface area (TPSA) is 49.8 Å². The van der Waals surface area contributed by atoms with Crippen molar-refractivity contribution >= 4 is 5.97 Å². The smallest absolute Gasteiger partial charge is 0.310 e. The van der Waals surface area contributed by atoms with Gasteiger partial charge in [-0.15, -0.1) is 0 Å². The predicted molar refractivity (Wildman–Crippen MR) is 71.7 cm³/mol. The molecule has 1 N–H and O–H groups in total. The Kier molecular flexibility index (Phi) is 6.09. The lowest BCUT2D eigenvalue weighted by molar-refractivity contribution is -0.153. The lowest BCUT2D eigenvalue weighted by atomic mass is 9.76. The highest BCUT2D eigenvalue weighted by Gasteiger charge is 2.41. The summed E-state index contributed by atoms with van der Waals surface area (Å²) in [5, 5.41) is 9.49. The van der Waals surface area contributed by atoms with E-state index in [9.17, 15) is 9.90 Å². The van der Waals surface area contributed by atoms with Crippen LogP contribution in [0.1, 0.15) is 46.5 Å². The van der Waals surface area contributed by atoms with Gasteiger partial charge >= 0.3 is 5.97 Å². The Labute approximate surface area is 110 Å². The molecule has 0 aromatic heterocycles. The highest BCUT2D eigenvalue weighted by Crippen LogP contribution is 2.34. The molecule has 106 valence electrons. The number of carboxylic acids is 1. The van der Waals surface area contributed by atoms with Gasteiger partial charge in [-0.2, -0.15) is 0 Å². The molecular weight excluding hydrogens is 230 g/mol. The van der Waals surface area contributed by atoms with E-state index in [0.717, 1.165) is 38.8 Å². The van der Waals surface area contributed by atoms with E-state index in [4.69, 9.17) is 4.74 Å². The fraction of sp³-hybridized carbons (Fsp3) is 0.929. The second-order valence-corrected chi connectivity index (χ2v) is 5.63. The van der Waals surface area contributed by atoms with Crippen LogP contribution in [0.2, 0.25) is 0 Å². The Morgan fingerprint density at radius 2 is 2.22 bits per heavy atom. The van der Waals surface area contributed by atoms with Gasteiger partial charge in [0.25, 0.3) is 0 Å². The standard InChI is InChI=1S/C14H27NO3/c1-4-6-14(13(16)17)7-5-8-15(11-14)9-10-18-12(2)3/h12H,4-11H2,1-3H3,(H,16,17). The molecule has 1 saturated heterocycles. The highest BCUT2D eigenvalue weighted by molar-refractivity contribution is 5.75. The van der Waals surface area contributed by atoms with E-state index in [1.54, 1.807) is 0 Å². The monoisotopic (exact) mass is 257 g/mol. The minimum absolute atomic E-state index is 0.245. The second kappa shape index (κ2) is 7.10. The van der Waals surface area contributed by atoms with Gasteiger partial charge in [0.15, 0.2) is 0 Å². The van der Waals surface area contributed by atoms with Crippen molar-refractivity contribution < 1.29 is 14.6 Å². The minimum Gasteiger partial charge on any atom is -0.481 e. The lowest BCUT2D eigenvalue weighted by Gasteiger charge is -2.40. The number of piperidine rings is 1. The number of hydrogen-bond donors (Lipinski definition) is 1. The van der Waals surface area contributed by atoms with Gasteiger partial charge < -0.3 is 9.84 Å². The molecule has 0 saturated carbocycles. The van der Waals surface area contributed by atoms with Gasteiger partial charge in [0.05, 0.1) is 18.1 Å². The first-order valence-electron chi connectivity index (χ1n) is 7.07. The van der Waals surface area contributed by atoms with E-state index in [0.29, 0.717) is 13.2 Å². The summed E-state index contributed by atoms with van der Waals surface area (Å²) in [6.45, 7) is 9.32. The SMILES string of the molecule is CCCC1(C(=O)O)CCCN(CCOC(C)C)C1. The normalized spacial score (nSPS) is 25.6. The van der Waals surface area contributed by atoms with Gasteiger partial charge in [-0.05, 0) is 39.7 Å². The Hall–Kier alpha value is -0.610. The Morgan fingerprint density at radius 1 is 1.50 bits per heavy atom. The van der Waals surface area contributed by atoms with Gasteiger partial charge in [0.1, 0.15) is 0 Å². The molecule has 1 aliphatic rings. The van der Waals surface area contributed by atoms with Crippen LogP contribution in [0, 0.1) is 5.41 Å². The highest BCUT2D eigenvalue weighted by atomic mass is 16.5. The van der Waals surface area contributed by atoms with Gasteiger partial charge in [-0.25, -0.2) is 0 Å². The molecule has 4 heteroatoms. The summed E-state index contributed by atoms with van der Waals surface area (Å²) in [7, 11) is 0. The van der Waals surface area contributed by atoms with Crippen LogP contribution in [-0.4, -0.2) is 48.3 Å². The van der Waals surface area contributed by atoms with Gasteiger partial charge in [0, 0.05) is 13.1 Å². The average molecular weight is 257 g/mol. The molecule has 18 heavy (non-hydrogen) atoms. The fourth-order valence-corrected chi connectivity index (χ4v) is 2.80. The van der Waals surface area contributed by atoms with Crippen LogP contribution in [0.15, 0.2) is 0 Å². The molecule has 0 amide bonds. The van der Waals surface area contributed by atoms with Crippen LogP contribution in [0.5, 0.6) is 0 Å². The third-order valence-corrected chi connectivity index (χ3v) is 3.70. The zero-order valence-electron chi connectivity index (χ0n) is 11.9. The predicted octanol–water partition coefficient (Wildman–Crippen LogP) is 2.38.